The number of nitrogens with one attached hydrogen (secondary N) is 1. The Morgan fingerprint density at radius 1 is 0.964 bits per heavy atom. The summed E-state index contributed by atoms with van der Waals surface area (Å²) >= 11 is 0. The lowest BCUT2D eigenvalue weighted by Gasteiger charge is -2.23. The molecule has 0 spiro atoms. The lowest BCUT2D eigenvalue weighted by Crippen LogP contribution is -2.19. The molecule has 1 atom stereocenters. The second-order valence-electron chi connectivity index (χ2n) is 7.14. The lowest BCUT2D eigenvalue weighted by atomic mass is 10.00. The lowest BCUT2D eigenvalue weighted by molar-refractivity contribution is 0.534. The third-order valence-corrected chi connectivity index (χ3v) is 4.72. The minimum Gasteiger partial charge on any atom is -0.361 e. The van der Waals surface area contributed by atoms with Gasteiger partial charge in [-0.25, -0.2) is 9.97 Å². The Labute approximate surface area is 163 Å². The van der Waals surface area contributed by atoms with E-state index in [0.717, 1.165) is 33.9 Å². The molecule has 0 aromatic carbocycles. The average molecular weight is 373 g/mol. The molecule has 0 saturated heterocycles. The van der Waals surface area contributed by atoms with E-state index in [2.05, 4.69) is 34.2 Å². The van der Waals surface area contributed by atoms with Crippen LogP contribution in [0.25, 0.3) is 22.6 Å². The molecule has 0 bridgehead atoms. The van der Waals surface area contributed by atoms with Crippen LogP contribution in [0.3, 0.4) is 0 Å². The molecule has 0 amide bonds. The number of nitrogens with zero attached hydrogens (tertiary/aromatic N) is 6. The predicted molar refractivity (Wildman–Crippen MR) is 110 cm³/mol. The van der Waals surface area contributed by atoms with Crippen molar-refractivity contribution in [3.05, 3.63) is 60.2 Å². The highest BCUT2D eigenvalue weighted by atomic mass is 15.3. The van der Waals surface area contributed by atoms with Gasteiger partial charge >= 0.3 is 0 Å². The molecule has 4 rings (SSSR count). The van der Waals surface area contributed by atoms with E-state index in [1.807, 2.05) is 56.6 Å². The number of aryl methyl sites for hydroxylation is 2. The van der Waals surface area contributed by atoms with Crippen LogP contribution < -0.4 is 5.32 Å². The first-order chi connectivity index (χ1) is 13.5. The minimum atomic E-state index is 0.00971. The van der Waals surface area contributed by atoms with Gasteiger partial charge in [-0.3, -0.25) is 14.6 Å². The van der Waals surface area contributed by atoms with Crippen molar-refractivity contribution in [2.45, 2.75) is 26.8 Å². The van der Waals surface area contributed by atoms with E-state index >= 15 is 0 Å². The van der Waals surface area contributed by atoms with E-state index < -0.39 is 0 Å². The summed E-state index contributed by atoms with van der Waals surface area (Å²) in [5, 5.41) is 9.08. The van der Waals surface area contributed by atoms with E-state index in [9.17, 15) is 0 Å². The maximum Gasteiger partial charge on any atom is 0.182 e. The van der Waals surface area contributed by atoms with Gasteiger partial charge in [-0.1, -0.05) is 26.0 Å². The monoisotopic (exact) mass is 373 g/mol. The van der Waals surface area contributed by atoms with Gasteiger partial charge in [0.15, 0.2) is 11.5 Å². The molecule has 1 unspecified atom stereocenters. The molecule has 28 heavy (non-hydrogen) atoms. The summed E-state index contributed by atoms with van der Waals surface area (Å²) in [4.78, 5) is 18.5. The Morgan fingerprint density at radius 3 is 2.36 bits per heavy atom. The van der Waals surface area contributed by atoms with Gasteiger partial charge in [0.2, 0.25) is 0 Å². The summed E-state index contributed by atoms with van der Waals surface area (Å²) in [5.41, 5.74) is 3.37. The number of aromatic nitrogens is 6. The van der Waals surface area contributed by atoms with Crippen molar-refractivity contribution in [1.82, 2.24) is 29.7 Å². The second-order valence-corrected chi connectivity index (χ2v) is 7.14. The number of anilines is 1. The number of pyridine rings is 2. The van der Waals surface area contributed by atoms with Crippen molar-refractivity contribution >= 4 is 16.9 Å². The molecular formula is C21H23N7. The van der Waals surface area contributed by atoms with Crippen LogP contribution in [0.4, 0.5) is 5.82 Å². The molecule has 142 valence electrons. The van der Waals surface area contributed by atoms with Gasteiger partial charge in [0.1, 0.15) is 11.5 Å². The third kappa shape index (κ3) is 3.31. The molecule has 4 aromatic heterocycles. The van der Waals surface area contributed by atoms with E-state index in [4.69, 9.17) is 9.97 Å². The first-order valence-corrected chi connectivity index (χ1v) is 9.35. The molecule has 4 aromatic rings. The zero-order valence-corrected chi connectivity index (χ0v) is 16.5. The molecule has 1 N–H and O–H groups in total. The van der Waals surface area contributed by atoms with Crippen molar-refractivity contribution in [3.63, 3.8) is 0 Å². The highest BCUT2D eigenvalue weighted by Crippen LogP contribution is 2.31. The third-order valence-electron chi connectivity index (χ3n) is 4.72. The Bertz CT molecular complexity index is 1090. The zero-order valence-electron chi connectivity index (χ0n) is 16.5. The number of hydrogen-bond acceptors (Lipinski definition) is 6. The summed E-state index contributed by atoms with van der Waals surface area (Å²) in [7, 11) is 1.90. The number of hydrogen-bond donors (Lipinski definition) is 1. The normalized spacial score (nSPS) is 12.5. The van der Waals surface area contributed by atoms with Crippen LogP contribution >= 0.6 is 0 Å². The molecule has 0 fully saturated rings. The number of fused-ring (bicyclic) bond motifs is 1. The second kappa shape index (κ2) is 7.34. The van der Waals surface area contributed by atoms with Gasteiger partial charge in [0.25, 0.3) is 0 Å². The van der Waals surface area contributed by atoms with Crippen LogP contribution in [0.2, 0.25) is 0 Å². The van der Waals surface area contributed by atoms with Crippen LogP contribution in [-0.2, 0) is 7.05 Å². The highest BCUT2D eigenvalue weighted by Gasteiger charge is 2.22. The topological polar surface area (TPSA) is 81.4 Å². The summed E-state index contributed by atoms with van der Waals surface area (Å²) in [6.45, 7) is 6.31. The standard InChI is InChI=1S/C21H23N7/c1-13(2)18(15-9-5-7-11-22-15)24-20-17-14(3)27-28(4)21(17)26-19(25-20)16-10-6-8-12-23-16/h5-13,18H,1-4H3,(H,24,25,26). The van der Waals surface area contributed by atoms with Crippen LogP contribution in [0.1, 0.15) is 31.3 Å². The average Bonchev–Trinajstić information content (AvgIpc) is 3.01. The molecule has 0 aliphatic heterocycles. The molecule has 7 nitrogen and oxygen atoms in total. The molecule has 0 saturated carbocycles. The van der Waals surface area contributed by atoms with Crippen LogP contribution in [0.15, 0.2) is 48.8 Å². The van der Waals surface area contributed by atoms with Gasteiger partial charge in [0, 0.05) is 19.4 Å². The Balaban J connectivity index is 1.87. The minimum absolute atomic E-state index is 0.00971. The van der Waals surface area contributed by atoms with Crippen molar-refractivity contribution in [2.24, 2.45) is 13.0 Å². The Hall–Kier alpha value is -3.35. The fourth-order valence-electron chi connectivity index (χ4n) is 3.34. The molecule has 0 radical (unpaired) electrons. The Kier molecular flexibility index (Phi) is 4.73. The fraction of sp³-hybridized carbons (Fsp3) is 0.286. The summed E-state index contributed by atoms with van der Waals surface area (Å²) in [5.74, 6) is 1.64. The zero-order chi connectivity index (χ0) is 19.7. The van der Waals surface area contributed by atoms with E-state index in [1.165, 1.54) is 0 Å². The largest absolute Gasteiger partial charge is 0.361 e. The van der Waals surface area contributed by atoms with E-state index in [-0.39, 0.29) is 6.04 Å². The molecular weight excluding hydrogens is 350 g/mol. The van der Waals surface area contributed by atoms with E-state index in [1.54, 1.807) is 10.9 Å². The summed E-state index contributed by atoms with van der Waals surface area (Å²) in [6.07, 6.45) is 3.56. The van der Waals surface area contributed by atoms with Crippen molar-refractivity contribution in [3.8, 4) is 11.5 Å². The maximum atomic E-state index is 4.83. The smallest absolute Gasteiger partial charge is 0.182 e. The van der Waals surface area contributed by atoms with Crippen molar-refractivity contribution in [2.75, 3.05) is 5.32 Å². The van der Waals surface area contributed by atoms with Crippen LogP contribution in [0.5, 0.6) is 0 Å². The van der Waals surface area contributed by atoms with Crippen LogP contribution in [-0.4, -0.2) is 29.7 Å². The highest BCUT2D eigenvalue weighted by molar-refractivity contribution is 5.90. The quantitative estimate of drug-likeness (QED) is 0.571. The first-order valence-electron chi connectivity index (χ1n) is 9.35. The van der Waals surface area contributed by atoms with Gasteiger partial charge in [-0.2, -0.15) is 5.10 Å². The maximum absolute atomic E-state index is 4.83. The molecule has 7 heteroatoms. The fourth-order valence-corrected chi connectivity index (χ4v) is 3.34. The van der Waals surface area contributed by atoms with Gasteiger partial charge in [-0.15, -0.1) is 0 Å². The molecule has 4 heterocycles. The van der Waals surface area contributed by atoms with E-state index in [0.29, 0.717) is 11.7 Å². The number of rotatable bonds is 5. The molecule has 0 aliphatic carbocycles. The first kappa shape index (κ1) is 18.0. The van der Waals surface area contributed by atoms with Gasteiger partial charge in [0.05, 0.1) is 22.8 Å². The SMILES string of the molecule is Cc1nn(C)c2nc(-c3ccccn3)nc(NC(c3ccccn3)C(C)C)c12. The Morgan fingerprint density at radius 2 is 1.71 bits per heavy atom. The summed E-state index contributed by atoms with van der Waals surface area (Å²) in [6, 6.07) is 11.7. The summed E-state index contributed by atoms with van der Waals surface area (Å²) < 4.78 is 1.79. The predicted octanol–water partition coefficient (Wildman–Crippen LogP) is 3.94. The van der Waals surface area contributed by atoms with Crippen molar-refractivity contribution in [1.29, 1.82) is 0 Å². The molecule has 0 aliphatic rings. The van der Waals surface area contributed by atoms with Crippen LogP contribution in [0, 0.1) is 12.8 Å². The van der Waals surface area contributed by atoms with Crippen molar-refractivity contribution < 1.29 is 0 Å². The van der Waals surface area contributed by atoms with Gasteiger partial charge in [-0.05, 0) is 37.1 Å². The van der Waals surface area contributed by atoms with Gasteiger partial charge < -0.3 is 5.32 Å².